The van der Waals surface area contributed by atoms with Gasteiger partial charge in [0, 0.05) is 82.9 Å². The van der Waals surface area contributed by atoms with E-state index in [1.807, 2.05) is 30.1 Å². The molecule has 3 heterocycles. The standard InChI is InChI=1S/C19H26FN5/c1-22-17(6-8-21-22)7-9-23-14-19(15-23)25-12-10-24(11-13-25)18-4-2-16(20)3-5-18/h2-6,8,19H,7,9-15H2,1H3. The third-order valence-corrected chi connectivity index (χ3v) is 5.57. The first-order valence-electron chi connectivity index (χ1n) is 9.13. The van der Waals surface area contributed by atoms with Gasteiger partial charge in [0.25, 0.3) is 0 Å². The molecule has 6 heteroatoms. The Hall–Kier alpha value is -1.92. The predicted octanol–water partition coefficient (Wildman–Crippen LogP) is 1.61. The summed E-state index contributed by atoms with van der Waals surface area (Å²) in [5.41, 5.74) is 2.43. The van der Waals surface area contributed by atoms with Gasteiger partial charge in [0.15, 0.2) is 0 Å². The van der Waals surface area contributed by atoms with E-state index < -0.39 is 0 Å². The van der Waals surface area contributed by atoms with Crippen LogP contribution in [0.3, 0.4) is 0 Å². The van der Waals surface area contributed by atoms with Crippen molar-refractivity contribution in [2.45, 2.75) is 12.5 Å². The normalized spacial score (nSPS) is 20.0. The minimum absolute atomic E-state index is 0.164. The van der Waals surface area contributed by atoms with Crippen LogP contribution in [0.1, 0.15) is 5.69 Å². The topological polar surface area (TPSA) is 27.5 Å². The SMILES string of the molecule is Cn1nccc1CCN1CC(N2CCN(c3ccc(F)cc3)CC2)C1. The Morgan fingerprint density at radius 1 is 1.04 bits per heavy atom. The fraction of sp³-hybridized carbons (Fsp3) is 0.526. The highest BCUT2D eigenvalue weighted by Crippen LogP contribution is 2.21. The van der Waals surface area contributed by atoms with Gasteiger partial charge in [-0.25, -0.2) is 4.39 Å². The first-order chi connectivity index (χ1) is 12.2. The molecule has 5 nitrogen and oxygen atoms in total. The van der Waals surface area contributed by atoms with Gasteiger partial charge >= 0.3 is 0 Å². The van der Waals surface area contributed by atoms with Crippen LogP contribution in [0.5, 0.6) is 0 Å². The van der Waals surface area contributed by atoms with Crippen LogP contribution in [0.15, 0.2) is 36.5 Å². The molecule has 2 aliphatic heterocycles. The second kappa shape index (κ2) is 7.14. The summed E-state index contributed by atoms with van der Waals surface area (Å²) in [4.78, 5) is 7.50. The zero-order valence-corrected chi connectivity index (χ0v) is 14.8. The van der Waals surface area contributed by atoms with Crippen molar-refractivity contribution < 1.29 is 4.39 Å². The largest absolute Gasteiger partial charge is 0.369 e. The summed E-state index contributed by atoms with van der Waals surface area (Å²) in [7, 11) is 2.01. The molecule has 0 radical (unpaired) electrons. The number of benzene rings is 1. The molecule has 2 aliphatic rings. The van der Waals surface area contributed by atoms with Crippen molar-refractivity contribution in [2.75, 3.05) is 50.7 Å². The summed E-state index contributed by atoms with van der Waals surface area (Å²) in [6.45, 7) is 7.71. The van der Waals surface area contributed by atoms with Crippen molar-refractivity contribution in [1.82, 2.24) is 19.6 Å². The number of hydrogen-bond donors (Lipinski definition) is 0. The van der Waals surface area contributed by atoms with Gasteiger partial charge < -0.3 is 4.90 Å². The average molecular weight is 343 g/mol. The molecule has 0 atom stereocenters. The summed E-state index contributed by atoms with van der Waals surface area (Å²) in [6.07, 6.45) is 2.94. The van der Waals surface area contributed by atoms with Crippen LogP contribution in [-0.4, -0.2) is 71.4 Å². The van der Waals surface area contributed by atoms with Crippen LogP contribution in [0.25, 0.3) is 0 Å². The van der Waals surface area contributed by atoms with Crippen LogP contribution in [0, 0.1) is 5.82 Å². The molecule has 2 saturated heterocycles. The number of aryl methyl sites for hydroxylation is 1. The Labute approximate surface area is 148 Å². The van der Waals surface area contributed by atoms with E-state index >= 15 is 0 Å². The predicted molar refractivity (Wildman–Crippen MR) is 97.3 cm³/mol. The summed E-state index contributed by atoms with van der Waals surface area (Å²) in [6, 6.07) is 9.66. The molecule has 4 rings (SSSR count). The van der Waals surface area contributed by atoms with Gasteiger partial charge in [0.2, 0.25) is 0 Å². The quantitative estimate of drug-likeness (QED) is 0.824. The zero-order valence-electron chi connectivity index (χ0n) is 14.8. The van der Waals surface area contributed by atoms with Crippen molar-refractivity contribution in [1.29, 1.82) is 0 Å². The third-order valence-electron chi connectivity index (χ3n) is 5.57. The molecule has 0 bridgehead atoms. The van der Waals surface area contributed by atoms with Crippen LogP contribution in [0.4, 0.5) is 10.1 Å². The highest BCUT2D eigenvalue weighted by molar-refractivity contribution is 5.46. The van der Waals surface area contributed by atoms with Gasteiger partial charge in [-0.2, -0.15) is 5.10 Å². The van der Waals surface area contributed by atoms with E-state index in [9.17, 15) is 4.39 Å². The van der Waals surface area contributed by atoms with Crippen molar-refractivity contribution >= 4 is 5.69 Å². The van der Waals surface area contributed by atoms with Crippen molar-refractivity contribution in [3.63, 3.8) is 0 Å². The van der Waals surface area contributed by atoms with Crippen molar-refractivity contribution in [2.24, 2.45) is 7.05 Å². The van der Waals surface area contributed by atoms with E-state index in [1.165, 1.54) is 18.8 Å². The lowest BCUT2D eigenvalue weighted by Crippen LogP contribution is -2.63. The summed E-state index contributed by atoms with van der Waals surface area (Å²) < 4.78 is 15.0. The molecule has 0 saturated carbocycles. The maximum Gasteiger partial charge on any atom is 0.123 e. The van der Waals surface area contributed by atoms with Crippen LogP contribution in [0.2, 0.25) is 0 Å². The molecule has 0 amide bonds. The maximum atomic E-state index is 13.1. The first kappa shape index (κ1) is 16.5. The lowest BCUT2D eigenvalue weighted by molar-refractivity contribution is 0.0314. The molecule has 1 aromatic heterocycles. The molecule has 25 heavy (non-hydrogen) atoms. The molecule has 2 fully saturated rings. The number of rotatable bonds is 5. The smallest absolute Gasteiger partial charge is 0.123 e. The van der Waals surface area contributed by atoms with E-state index in [-0.39, 0.29) is 5.82 Å². The molecule has 0 aliphatic carbocycles. The number of likely N-dealkylation sites (tertiary alicyclic amines) is 1. The molecule has 1 aromatic carbocycles. The first-order valence-corrected chi connectivity index (χ1v) is 9.13. The Morgan fingerprint density at radius 2 is 1.76 bits per heavy atom. The Bertz CT molecular complexity index is 684. The second-order valence-electron chi connectivity index (χ2n) is 7.11. The van der Waals surface area contributed by atoms with E-state index in [1.54, 1.807) is 12.1 Å². The van der Waals surface area contributed by atoms with Crippen molar-refractivity contribution in [3.05, 3.63) is 48.0 Å². The van der Waals surface area contributed by atoms with E-state index in [0.29, 0.717) is 6.04 Å². The van der Waals surface area contributed by atoms with Gasteiger partial charge in [0.05, 0.1) is 0 Å². The fourth-order valence-corrected chi connectivity index (χ4v) is 3.87. The monoisotopic (exact) mass is 343 g/mol. The number of piperazine rings is 1. The number of hydrogen-bond acceptors (Lipinski definition) is 4. The van der Waals surface area contributed by atoms with Crippen LogP contribution in [-0.2, 0) is 13.5 Å². The maximum absolute atomic E-state index is 13.1. The molecular weight excluding hydrogens is 317 g/mol. The zero-order chi connectivity index (χ0) is 17.2. The molecule has 0 unspecified atom stereocenters. The van der Waals surface area contributed by atoms with Gasteiger partial charge in [-0.3, -0.25) is 14.5 Å². The summed E-state index contributed by atoms with van der Waals surface area (Å²) in [5.74, 6) is -0.164. The molecular formula is C19H26FN5. The Kier molecular flexibility index (Phi) is 4.72. The van der Waals surface area contributed by atoms with E-state index in [0.717, 1.165) is 44.8 Å². The average Bonchev–Trinajstić information content (AvgIpc) is 3.00. The number of aromatic nitrogens is 2. The van der Waals surface area contributed by atoms with Gasteiger partial charge in [0.1, 0.15) is 5.82 Å². The number of anilines is 1. The summed E-state index contributed by atoms with van der Waals surface area (Å²) in [5, 5.41) is 4.23. The minimum atomic E-state index is -0.164. The van der Waals surface area contributed by atoms with E-state index in [2.05, 4.69) is 25.9 Å². The number of nitrogens with zero attached hydrogens (tertiary/aromatic N) is 5. The summed E-state index contributed by atoms with van der Waals surface area (Å²) >= 11 is 0. The van der Waals surface area contributed by atoms with Crippen LogP contribution >= 0.6 is 0 Å². The third kappa shape index (κ3) is 3.70. The van der Waals surface area contributed by atoms with E-state index in [4.69, 9.17) is 0 Å². The highest BCUT2D eigenvalue weighted by atomic mass is 19.1. The Morgan fingerprint density at radius 3 is 2.40 bits per heavy atom. The lowest BCUT2D eigenvalue weighted by Gasteiger charge is -2.48. The van der Waals surface area contributed by atoms with Gasteiger partial charge in [-0.05, 0) is 30.3 Å². The van der Waals surface area contributed by atoms with Gasteiger partial charge in [-0.1, -0.05) is 0 Å². The van der Waals surface area contributed by atoms with Gasteiger partial charge in [-0.15, -0.1) is 0 Å². The van der Waals surface area contributed by atoms with Crippen molar-refractivity contribution in [3.8, 4) is 0 Å². The number of halogens is 1. The second-order valence-corrected chi connectivity index (χ2v) is 7.11. The molecule has 0 N–H and O–H groups in total. The Balaban J connectivity index is 1.19. The molecule has 134 valence electrons. The lowest BCUT2D eigenvalue weighted by atomic mass is 10.1. The fourth-order valence-electron chi connectivity index (χ4n) is 3.87. The minimum Gasteiger partial charge on any atom is -0.369 e. The van der Waals surface area contributed by atoms with Crippen LogP contribution < -0.4 is 4.90 Å². The molecule has 0 spiro atoms. The molecule has 2 aromatic rings. The highest BCUT2D eigenvalue weighted by Gasteiger charge is 2.33.